The Kier molecular flexibility index (Phi) is 24.6. The van der Waals surface area contributed by atoms with Crippen LogP contribution < -0.4 is 0 Å². The predicted molar refractivity (Wildman–Crippen MR) is 283 cm³/mol. The summed E-state index contributed by atoms with van der Waals surface area (Å²) in [4.78, 5) is 89.1. The summed E-state index contributed by atoms with van der Waals surface area (Å²) in [6.07, 6.45) is 13.4. The molecule has 1 aromatic heterocycles. The lowest BCUT2D eigenvalue weighted by Crippen LogP contribution is -2.61. The zero-order valence-corrected chi connectivity index (χ0v) is 46.8. The summed E-state index contributed by atoms with van der Waals surface area (Å²) in [5, 5.41) is 23.6. The fraction of sp³-hybridized carbons (Fsp3) is 0.712. The number of carbonyl (C=O) groups is 6. The zero-order valence-electron chi connectivity index (χ0n) is 46.8. The van der Waals surface area contributed by atoms with Gasteiger partial charge in [0.1, 0.15) is 30.6 Å². The van der Waals surface area contributed by atoms with E-state index in [-0.39, 0.29) is 80.5 Å². The van der Waals surface area contributed by atoms with E-state index in [2.05, 4.69) is 4.98 Å². The average molecular weight is 1070 g/mol. The molecule has 16 atom stereocenters. The van der Waals surface area contributed by atoms with Crippen molar-refractivity contribution in [1.82, 2.24) is 9.88 Å². The average Bonchev–Trinajstić information content (AvgIpc) is 3.43. The van der Waals surface area contributed by atoms with Crippen LogP contribution in [0.15, 0.2) is 60.5 Å². The summed E-state index contributed by atoms with van der Waals surface area (Å²) in [5.41, 5.74) is 1.22. The van der Waals surface area contributed by atoms with Crippen molar-refractivity contribution in [3.05, 3.63) is 66.0 Å². The summed E-state index contributed by atoms with van der Waals surface area (Å²) in [5.74, 6) is -8.84. The molecule has 17 nitrogen and oxygen atoms in total. The second kappa shape index (κ2) is 30.0. The molecule has 4 aliphatic rings. The van der Waals surface area contributed by atoms with Gasteiger partial charge in [0, 0.05) is 70.9 Å². The highest BCUT2D eigenvalue weighted by atomic mass is 16.6. The number of methoxy groups -OCH3 is 3. The van der Waals surface area contributed by atoms with Crippen molar-refractivity contribution in [2.45, 2.75) is 186 Å². The summed E-state index contributed by atoms with van der Waals surface area (Å²) < 4.78 is 41.5. The number of aliphatic hydroxyl groups excluding tert-OH is 1. The van der Waals surface area contributed by atoms with E-state index in [0.717, 1.165) is 12.0 Å². The molecule has 5 rings (SSSR count). The molecule has 1 aliphatic carbocycles. The number of ketones is 3. The monoisotopic (exact) mass is 1060 g/mol. The number of rotatable bonds is 11. The number of aliphatic hydroxyl groups is 2. The van der Waals surface area contributed by atoms with Crippen molar-refractivity contribution in [2.75, 3.05) is 41.1 Å². The Bertz CT molecular complexity index is 2160. The number of fused-ring (bicyclic) bond motifs is 3. The van der Waals surface area contributed by atoms with Crippen molar-refractivity contribution in [3.63, 3.8) is 0 Å². The molecular weight excluding hydrogens is 977 g/mol. The van der Waals surface area contributed by atoms with Gasteiger partial charge in [0.05, 0.1) is 42.7 Å². The number of hydrogen-bond donors (Lipinski definition) is 2. The van der Waals surface area contributed by atoms with E-state index in [1.807, 2.05) is 58.1 Å². The maximum Gasteiger partial charge on any atom is 0.339 e. The van der Waals surface area contributed by atoms with Crippen LogP contribution in [0.25, 0.3) is 0 Å². The molecule has 4 heterocycles. The van der Waals surface area contributed by atoms with Gasteiger partial charge >= 0.3 is 11.9 Å². The first-order chi connectivity index (χ1) is 36.2. The van der Waals surface area contributed by atoms with Crippen LogP contribution in [0.1, 0.15) is 142 Å². The van der Waals surface area contributed by atoms with Gasteiger partial charge in [0.25, 0.3) is 11.7 Å². The van der Waals surface area contributed by atoms with Crippen molar-refractivity contribution in [1.29, 1.82) is 0 Å². The lowest BCUT2D eigenvalue weighted by atomic mass is 9.78. The predicted octanol–water partition coefficient (Wildman–Crippen LogP) is 7.54. The van der Waals surface area contributed by atoms with Crippen LogP contribution in [-0.4, -0.2) is 151 Å². The summed E-state index contributed by atoms with van der Waals surface area (Å²) >= 11 is 0. The Hall–Kier alpha value is -4.49. The molecule has 2 bridgehead atoms. The van der Waals surface area contributed by atoms with Gasteiger partial charge in [-0.25, -0.2) is 9.59 Å². The van der Waals surface area contributed by atoms with Crippen molar-refractivity contribution in [3.8, 4) is 0 Å². The molecule has 2 saturated heterocycles. The number of esters is 2. The molecule has 3 aliphatic heterocycles. The number of pyridine rings is 1. The molecular formula is C59H88N2O15. The van der Waals surface area contributed by atoms with Gasteiger partial charge < -0.3 is 48.3 Å². The van der Waals surface area contributed by atoms with E-state index in [4.69, 9.17) is 33.2 Å². The second-order valence-corrected chi connectivity index (χ2v) is 22.3. The van der Waals surface area contributed by atoms with Crippen LogP contribution in [0, 0.1) is 41.4 Å². The lowest BCUT2D eigenvalue weighted by Gasteiger charge is -2.42. The fourth-order valence-corrected chi connectivity index (χ4v) is 11.5. The molecule has 17 heteroatoms. The van der Waals surface area contributed by atoms with Crippen molar-refractivity contribution in [2.24, 2.45) is 41.4 Å². The number of aromatic nitrogens is 1. The van der Waals surface area contributed by atoms with Crippen LogP contribution in [0.5, 0.6) is 0 Å². The number of hydrogen-bond acceptors (Lipinski definition) is 16. The Labute approximate surface area is 450 Å². The summed E-state index contributed by atoms with van der Waals surface area (Å²) in [7, 11) is 4.60. The topological polar surface area (TPSA) is 224 Å². The van der Waals surface area contributed by atoms with Crippen molar-refractivity contribution >= 4 is 35.2 Å². The number of amides is 1. The van der Waals surface area contributed by atoms with Gasteiger partial charge in [-0.1, -0.05) is 71.9 Å². The first-order valence-electron chi connectivity index (χ1n) is 27.7. The molecule has 0 spiro atoms. The largest absolute Gasteiger partial charge is 0.460 e. The van der Waals surface area contributed by atoms with Gasteiger partial charge in [0.15, 0.2) is 5.78 Å². The number of cyclic esters (lactones) is 1. The highest BCUT2D eigenvalue weighted by Gasteiger charge is 2.53. The molecule has 76 heavy (non-hydrogen) atoms. The fourth-order valence-electron chi connectivity index (χ4n) is 11.5. The molecule has 0 aromatic carbocycles. The Balaban J connectivity index is 1.38. The first-order valence-corrected chi connectivity index (χ1v) is 27.7. The molecule has 0 radical (unpaired) electrons. The van der Waals surface area contributed by atoms with Crippen LogP contribution in [0.2, 0.25) is 0 Å². The number of ether oxygens (including phenoxy) is 7. The molecule has 1 unspecified atom stereocenters. The summed E-state index contributed by atoms with van der Waals surface area (Å²) in [6.45, 7) is 13.2. The maximum absolute atomic E-state index is 14.6. The molecule has 2 N–H and O–H groups in total. The highest BCUT2D eigenvalue weighted by Crippen LogP contribution is 2.38. The number of nitrogens with zero attached hydrogens (tertiary/aromatic N) is 2. The zero-order chi connectivity index (χ0) is 55.7. The van der Waals surface area contributed by atoms with Gasteiger partial charge in [-0.15, -0.1) is 0 Å². The second-order valence-electron chi connectivity index (χ2n) is 22.3. The van der Waals surface area contributed by atoms with E-state index in [0.29, 0.717) is 63.4 Å². The number of allylic oxidation sites excluding steroid dienone is 5. The van der Waals surface area contributed by atoms with E-state index in [9.17, 15) is 39.0 Å². The highest BCUT2D eigenvalue weighted by molar-refractivity contribution is 6.39. The van der Waals surface area contributed by atoms with Crippen LogP contribution in [0.4, 0.5) is 0 Å². The third-order valence-electron chi connectivity index (χ3n) is 16.4. The van der Waals surface area contributed by atoms with Gasteiger partial charge in [0.2, 0.25) is 5.79 Å². The van der Waals surface area contributed by atoms with Crippen LogP contribution in [0.3, 0.4) is 0 Å². The third-order valence-corrected chi connectivity index (χ3v) is 16.4. The quantitative estimate of drug-likeness (QED) is 0.124. The minimum atomic E-state index is -2.45. The SMILES string of the molecule is CO[C@H]1C[C@@H]2CC[C@@H](C)[C@@](O)(O2)C(=O)C(=O)N2CCCC[C@H]2C(=O)O[C@H]([C@H](C)C[C@H]2CC[C@@H](OCCOC(=O)c3cccnc3)[C@H](OC)C2)CC(=O)[C@H](C)CC(C)[C@@H](O)[C@@H](OC)C(=O)[C@H](C)C[C@H](C)/C=C/C=C/C=C/1C. The number of carbonyl (C=O) groups excluding carboxylic acids is 6. The lowest BCUT2D eigenvalue weighted by molar-refractivity contribution is -0.265. The molecule has 3 fully saturated rings. The smallest absolute Gasteiger partial charge is 0.339 e. The molecule has 1 aromatic rings. The van der Waals surface area contributed by atoms with Gasteiger partial charge in [-0.05, 0) is 119 Å². The molecule has 1 saturated carbocycles. The standard InChI is InChI=1S/C59H88N2O15/c1-36-17-12-11-13-18-37(2)49(70-8)33-45-23-21-42(7)59(69,76-45)55(65)56(66)61-26-15-14-20-46(61)58(68)75-50(34-47(62)38(3)30-41(6)53(64)54(72-10)52(63)40(5)29-36)39(4)31-43-22-24-48(51(32-43)71-9)73-27-28-74-57(67)44-19-16-25-60-35-44/h11-13,16-19,25,35-36,38-43,45-46,48-51,53-54,64,69H,14-15,20-24,26-34H2,1-10H3/b13-11+,17-12+,37-18+/t36-,38-,39-,40-,41?,42-,43-,45+,46+,48-,49+,50+,51-,53-,54+,59-/m1/s1. The van der Waals surface area contributed by atoms with Crippen LogP contribution in [-0.2, 0) is 57.1 Å². The summed E-state index contributed by atoms with van der Waals surface area (Å²) in [6, 6.07) is 2.13. The van der Waals surface area contributed by atoms with Gasteiger partial charge in [-0.3, -0.25) is 24.2 Å². The third kappa shape index (κ3) is 17.0. The normalized spacial score (nSPS) is 36.5. The van der Waals surface area contributed by atoms with E-state index < -0.39 is 89.6 Å². The van der Waals surface area contributed by atoms with E-state index >= 15 is 0 Å². The van der Waals surface area contributed by atoms with E-state index in [1.165, 1.54) is 18.2 Å². The Morgan fingerprint density at radius 2 is 1.63 bits per heavy atom. The van der Waals surface area contributed by atoms with Crippen LogP contribution >= 0.6 is 0 Å². The molecule has 424 valence electrons. The number of piperidine rings is 1. The van der Waals surface area contributed by atoms with Crippen molar-refractivity contribution < 1.29 is 72.1 Å². The Morgan fingerprint density at radius 1 is 0.868 bits per heavy atom. The Morgan fingerprint density at radius 3 is 2.33 bits per heavy atom. The maximum atomic E-state index is 14.6. The first kappa shape index (κ1) is 62.4. The van der Waals surface area contributed by atoms with E-state index in [1.54, 1.807) is 53.3 Å². The molecule has 1 amide bonds. The minimum absolute atomic E-state index is 0.0180. The number of Topliss-reactive ketones (excluding diaryl/α,β-unsaturated/α-hetero) is 3. The minimum Gasteiger partial charge on any atom is -0.460 e. The van der Waals surface area contributed by atoms with Gasteiger partial charge in [-0.2, -0.15) is 0 Å².